The molecule has 0 aliphatic rings. The number of oxime groups is 1. The SMILES string of the molecule is Oc1ccc(F)cc1/C=N/OCc1ccccc1. The van der Waals surface area contributed by atoms with Crippen LogP contribution in [0.5, 0.6) is 5.75 Å². The molecule has 92 valence electrons. The summed E-state index contributed by atoms with van der Waals surface area (Å²) in [4.78, 5) is 5.05. The van der Waals surface area contributed by atoms with Crippen molar-refractivity contribution in [2.24, 2.45) is 5.16 Å². The van der Waals surface area contributed by atoms with Crippen molar-refractivity contribution in [2.75, 3.05) is 0 Å². The van der Waals surface area contributed by atoms with Gasteiger partial charge in [-0.15, -0.1) is 0 Å². The zero-order valence-electron chi connectivity index (χ0n) is 9.58. The number of nitrogens with zero attached hydrogens (tertiary/aromatic N) is 1. The van der Waals surface area contributed by atoms with Crippen LogP contribution in [0.3, 0.4) is 0 Å². The highest BCUT2D eigenvalue weighted by Crippen LogP contribution is 2.15. The van der Waals surface area contributed by atoms with Gasteiger partial charge in [-0.25, -0.2) is 4.39 Å². The minimum atomic E-state index is -0.433. The molecule has 0 heterocycles. The third-order valence-electron chi connectivity index (χ3n) is 2.33. The van der Waals surface area contributed by atoms with Crippen molar-refractivity contribution in [1.29, 1.82) is 0 Å². The van der Waals surface area contributed by atoms with E-state index < -0.39 is 5.82 Å². The highest BCUT2D eigenvalue weighted by molar-refractivity contribution is 5.82. The van der Waals surface area contributed by atoms with E-state index in [1.165, 1.54) is 24.4 Å². The van der Waals surface area contributed by atoms with Gasteiger partial charge in [0.1, 0.15) is 18.2 Å². The largest absolute Gasteiger partial charge is 0.507 e. The van der Waals surface area contributed by atoms with Crippen LogP contribution >= 0.6 is 0 Å². The molecule has 0 aromatic heterocycles. The Hall–Kier alpha value is -2.36. The van der Waals surface area contributed by atoms with Crippen molar-refractivity contribution in [1.82, 2.24) is 0 Å². The van der Waals surface area contributed by atoms with E-state index in [-0.39, 0.29) is 11.3 Å². The van der Waals surface area contributed by atoms with Crippen LogP contribution in [-0.2, 0) is 11.4 Å². The normalized spacial score (nSPS) is 10.7. The van der Waals surface area contributed by atoms with E-state index in [0.29, 0.717) is 6.61 Å². The van der Waals surface area contributed by atoms with E-state index in [1.54, 1.807) is 0 Å². The van der Waals surface area contributed by atoms with Gasteiger partial charge in [0.15, 0.2) is 0 Å². The Morgan fingerprint density at radius 2 is 1.94 bits per heavy atom. The van der Waals surface area contributed by atoms with Crippen LogP contribution in [-0.4, -0.2) is 11.3 Å². The molecule has 0 saturated carbocycles. The van der Waals surface area contributed by atoms with Crippen molar-refractivity contribution in [2.45, 2.75) is 6.61 Å². The first-order valence-corrected chi connectivity index (χ1v) is 5.43. The van der Waals surface area contributed by atoms with Gasteiger partial charge in [0.2, 0.25) is 0 Å². The molecule has 2 aromatic rings. The Kier molecular flexibility index (Phi) is 3.91. The Bertz CT molecular complexity index is 541. The first kappa shape index (κ1) is 12.1. The summed E-state index contributed by atoms with van der Waals surface area (Å²) >= 11 is 0. The smallest absolute Gasteiger partial charge is 0.142 e. The first-order valence-electron chi connectivity index (χ1n) is 5.43. The molecule has 2 aromatic carbocycles. The molecule has 1 N–H and O–H groups in total. The number of benzene rings is 2. The van der Waals surface area contributed by atoms with Crippen LogP contribution in [0.4, 0.5) is 4.39 Å². The molecule has 3 nitrogen and oxygen atoms in total. The number of halogens is 1. The molecule has 0 saturated heterocycles. The van der Waals surface area contributed by atoms with Crippen molar-refractivity contribution in [3.8, 4) is 5.75 Å². The molecular weight excluding hydrogens is 233 g/mol. The van der Waals surface area contributed by atoms with Crippen molar-refractivity contribution in [3.63, 3.8) is 0 Å². The Labute approximate surface area is 104 Å². The number of phenols is 1. The molecule has 0 amide bonds. The van der Waals surface area contributed by atoms with E-state index in [9.17, 15) is 9.50 Å². The lowest BCUT2D eigenvalue weighted by Gasteiger charge is -2.00. The van der Waals surface area contributed by atoms with Gasteiger partial charge in [-0.1, -0.05) is 35.5 Å². The third kappa shape index (κ3) is 3.31. The third-order valence-corrected chi connectivity index (χ3v) is 2.33. The van der Waals surface area contributed by atoms with Gasteiger partial charge in [-0.05, 0) is 23.8 Å². The lowest BCUT2D eigenvalue weighted by Crippen LogP contribution is -1.89. The summed E-state index contributed by atoms with van der Waals surface area (Å²) in [5.41, 5.74) is 1.26. The van der Waals surface area contributed by atoms with E-state index >= 15 is 0 Å². The van der Waals surface area contributed by atoms with Crippen molar-refractivity contribution < 1.29 is 14.3 Å². The number of aromatic hydroxyl groups is 1. The van der Waals surface area contributed by atoms with Gasteiger partial charge in [0, 0.05) is 5.56 Å². The second kappa shape index (κ2) is 5.82. The summed E-state index contributed by atoms with van der Waals surface area (Å²) in [5, 5.41) is 13.1. The average molecular weight is 245 g/mol. The van der Waals surface area contributed by atoms with Gasteiger partial charge < -0.3 is 9.94 Å². The second-order valence-electron chi connectivity index (χ2n) is 3.70. The Balaban J connectivity index is 1.94. The quantitative estimate of drug-likeness (QED) is 0.664. The molecule has 0 atom stereocenters. The lowest BCUT2D eigenvalue weighted by atomic mass is 10.2. The van der Waals surface area contributed by atoms with Crippen LogP contribution in [0.25, 0.3) is 0 Å². The van der Waals surface area contributed by atoms with Crippen LogP contribution in [0.15, 0.2) is 53.7 Å². The minimum absolute atomic E-state index is 0.0385. The highest BCUT2D eigenvalue weighted by atomic mass is 19.1. The molecule has 0 bridgehead atoms. The Morgan fingerprint density at radius 1 is 1.17 bits per heavy atom. The second-order valence-corrected chi connectivity index (χ2v) is 3.70. The predicted molar refractivity (Wildman–Crippen MR) is 66.9 cm³/mol. The van der Waals surface area contributed by atoms with Crippen LogP contribution in [0, 0.1) is 5.82 Å². The average Bonchev–Trinajstić information content (AvgIpc) is 2.40. The number of rotatable bonds is 4. The Morgan fingerprint density at radius 3 is 2.72 bits per heavy atom. The molecular formula is C14H12FNO2. The fraction of sp³-hybridized carbons (Fsp3) is 0.0714. The minimum Gasteiger partial charge on any atom is -0.507 e. The van der Waals surface area contributed by atoms with E-state index in [2.05, 4.69) is 5.16 Å². The zero-order valence-corrected chi connectivity index (χ0v) is 9.58. The summed E-state index contributed by atoms with van der Waals surface area (Å²) in [6.45, 7) is 0.327. The van der Waals surface area contributed by atoms with Crippen molar-refractivity contribution in [3.05, 3.63) is 65.5 Å². The zero-order chi connectivity index (χ0) is 12.8. The summed E-state index contributed by atoms with van der Waals surface area (Å²) in [5.74, 6) is -0.472. The van der Waals surface area contributed by atoms with Gasteiger partial charge in [0.05, 0.1) is 6.21 Å². The fourth-order valence-corrected chi connectivity index (χ4v) is 1.41. The van der Waals surface area contributed by atoms with Crippen LogP contribution in [0.2, 0.25) is 0 Å². The number of hydrogen-bond acceptors (Lipinski definition) is 3. The van der Waals surface area contributed by atoms with Gasteiger partial charge in [-0.2, -0.15) is 0 Å². The summed E-state index contributed by atoms with van der Waals surface area (Å²) in [6.07, 6.45) is 1.28. The molecule has 2 rings (SSSR count). The fourth-order valence-electron chi connectivity index (χ4n) is 1.41. The molecule has 4 heteroatoms. The van der Waals surface area contributed by atoms with Crippen LogP contribution < -0.4 is 0 Å². The summed E-state index contributed by atoms with van der Waals surface area (Å²) in [7, 11) is 0. The summed E-state index contributed by atoms with van der Waals surface area (Å²) < 4.78 is 12.9. The predicted octanol–water partition coefficient (Wildman–Crippen LogP) is 3.08. The van der Waals surface area contributed by atoms with E-state index in [1.807, 2.05) is 30.3 Å². The lowest BCUT2D eigenvalue weighted by molar-refractivity contribution is 0.132. The van der Waals surface area contributed by atoms with Gasteiger partial charge in [-0.3, -0.25) is 0 Å². The summed E-state index contributed by atoms with van der Waals surface area (Å²) in [6, 6.07) is 13.2. The van der Waals surface area contributed by atoms with Crippen molar-refractivity contribution >= 4 is 6.21 Å². The maximum Gasteiger partial charge on any atom is 0.142 e. The monoisotopic (exact) mass is 245 g/mol. The molecule has 0 fully saturated rings. The maximum absolute atomic E-state index is 12.9. The number of hydrogen-bond donors (Lipinski definition) is 1. The van der Waals surface area contributed by atoms with E-state index in [0.717, 1.165) is 5.56 Å². The van der Waals surface area contributed by atoms with Gasteiger partial charge >= 0.3 is 0 Å². The maximum atomic E-state index is 12.9. The van der Waals surface area contributed by atoms with E-state index in [4.69, 9.17) is 4.84 Å². The highest BCUT2D eigenvalue weighted by Gasteiger charge is 1.99. The molecule has 0 radical (unpaired) electrons. The first-order chi connectivity index (χ1) is 8.75. The molecule has 0 unspecified atom stereocenters. The standard InChI is InChI=1S/C14H12FNO2/c15-13-6-7-14(17)12(8-13)9-16-18-10-11-4-2-1-3-5-11/h1-9,17H,10H2/b16-9+. The molecule has 0 aliphatic heterocycles. The molecule has 0 spiro atoms. The molecule has 0 aliphatic carbocycles. The van der Waals surface area contributed by atoms with Crippen LogP contribution in [0.1, 0.15) is 11.1 Å². The van der Waals surface area contributed by atoms with Gasteiger partial charge in [0.25, 0.3) is 0 Å². The topological polar surface area (TPSA) is 41.8 Å². The molecule has 18 heavy (non-hydrogen) atoms. The number of phenolic OH excluding ortho intramolecular Hbond substituents is 1.